The van der Waals surface area contributed by atoms with Gasteiger partial charge >= 0.3 is 0 Å². The minimum Gasteiger partial charge on any atom is -0.370 e. The molecular formula is C17H17ClN6O. The van der Waals surface area contributed by atoms with E-state index in [0.717, 1.165) is 36.0 Å². The Hall–Kier alpha value is -2.41. The molecule has 1 aromatic carbocycles. The third-order valence-corrected chi connectivity index (χ3v) is 5.16. The first-order valence-corrected chi connectivity index (χ1v) is 8.91. The molecule has 8 heteroatoms. The number of rotatable bonds is 4. The summed E-state index contributed by atoms with van der Waals surface area (Å²) in [5.74, 6) is 3.24. The molecular weight excluding hydrogens is 340 g/mol. The van der Waals surface area contributed by atoms with E-state index in [9.17, 15) is 0 Å². The Labute approximate surface area is 149 Å². The summed E-state index contributed by atoms with van der Waals surface area (Å²) < 4.78 is 5.49. The van der Waals surface area contributed by atoms with Crippen LogP contribution in [0.1, 0.15) is 42.8 Å². The van der Waals surface area contributed by atoms with Gasteiger partial charge in [-0.05, 0) is 31.4 Å². The van der Waals surface area contributed by atoms with E-state index in [0.29, 0.717) is 23.5 Å². The molecule has 1 unspecified atom stereocenters. The molecule has 25 heavy (non-hydrogen) atoms. The van der Waals surface area contributed by atoms with Crippen molar-refractivity contribution in [3.8, 4) is 11.6 Å². The normalized spacial score (nSPS) is 20.4. The van der Waals surface area contributed by atoms with Gasteiger partial charge in [-0.1, -0.05) is 28.9 Å². The van der Waals surface area contributed by atoms with Gasteiger partial charge in [0.15, 0.2) is 0 Å². The number of hydrogen-bond acceptors (Lipinski definition) is 6. The second kappa shape index (κ2) is 5.84. The first kappa shape index (κ1) is 14.9. The van der Waals surface area contributed by atoms with Gasteiger partial charge in [0.1, 0.15) is 5.82 Å². The fourth-order valence-electron chi connectivity index (χ4n) is 3.29. The van der Waals surface area contributed by atoms with Crippen molar-refractivity contribution >= 4 is 17.3 Å². The summed E-state index contributed by atoms with van der Waals surface area (Å²) in [6.45, 7) is 1.73. The maximum Gasteiger partial charge on any atom is 0.242 e. The van der Waals surface area contributed by atoms with Crippen LogP contribution in [0.2, 0.25) is 5.02 Å². The average Bonchev–Trinajstić information content (AvgIpc) is 3.07. The van der Waals surface area contributed by atoms with Crippen LogP contribution < -0.4 is 4.90 Å². The topological polar surface area (TPSA) is 83.7 Å². The first-order valence-electron chi connectivity index (χ1n) is 8.53. The Morgan fingerprint density at radius 1 is 1.08 bits per heavy atom. The smallest absolute Gasteiger partial charge is 0.242 e. The van der Waals surface area contributed by atoms with Crippen molar-refractivity contribution in [3.05, 3.63) is 41.0 Å². The molecule has 5 rings (SSSR count). The zero-order valence-electron chi connectivity index (χ0n) is 13.5. The third kappa shape index (κ3) is 2.78. The van der Waals surface area contributed by atoms with Gasteiger partial charge in [-0.15, -0.1) is 5.10 Å². The van der Waals surface area contributed by atoms with Gasteiger partial charge in [-0.3, -0.25) is 5.10 Å². The predicted molar refractivity (Wildman–Crippen MR) is 92.7 cm³/mol. The largest absolute Gasteiger partial charge is 0.370 e. The Bertz CT molecular complexity index is 902. The zero-order valence-corrected chi connectivity index (χ0v) is 14.3. The van der Waals surface area contributed by atoms with E-state index in [1.54, 1.807) is 0 Å². The number of aromatic amines is 1. The number of nitrogens with one attached hydrogen (secondary N) is 1. The molecule has 2 aliphatic rings. The number of anilines is 1. The quantitative estimate of drug-likeness (QED) is 0.771. The molecule has 1 atom stereocenters. The summed E-state index contributed by atoms with van der Waals surface area (Å²) in [6, 6.07) is 7.89. The van der Waals surface area contributed by atoms with E-state index in [4.69, 9.17) is 16.1 Å². The number of H-pyrrole nitrogens is 1. The molecule has 128 valence electrons. The predicted octanol–water partition coefficient (Wildman–Crippen LogP) is 3.38. The third-order valence-electron chi connectivity index (χ3n) is 4.84. The van der Waals surface area contributed by atoms with Crippen molar-refractivity contribution in [2.24, 2.45) is 0 Å². The van der Waals surface area contributed by atoms with Crippen LogP contribution in [-0.4, -0.2) is 38.4 Å². The molecule has 0 bridgehead atoms. The van der Waals surface area contributed by atoms with Crippen molar-refractivity contribution in [2.45, 2.75) is 31.1 Å². The summed E-state index contributed by atoms with van der Waals surface area (Å²) in [6.07, 6.45) is 3.30. The Morgan fingerprint density at radius 3 is 2.80 bits per heavy atom. The van der Waals surface area contributed by atoms with Gasteiger partial charge in [0.05, 0.1) is 16.6 Å². The molecule has 2 fully saturated rings. The van der Waals surface area contributed by atoms with Crippen LogP contribution in [0.4, 0.5) is 5.69 Å². The van der Waals surface area contributed by atoms with E-state index >= 15 is 0 Å². The van der Waals surface area contributed by atoms with Gasteiger partial charge in [-0.2, -0.15) is 4.98 Å². The number of hydrogen-bond donors (Lipinski definition) is 1. The standard InChI is InChI=1S/C17H17ClN6O/c18-12-3-1-2-4-13(12)24-8-7-11(9-24)17-20-16(23-25-17)15-19-14(21-22-15)10-5-6-10/h1-4,10-11H,5-9H2,(H,19,21,22). The maximum absolute atomic E-state index is 6.30. The SMILES string of the molecule is Clc1ccccc1N1CCC(c2nc(-c3n[nH]c(C4CC4)n3)no2)C1. The Balaban J connectivity index is 1.33. The van der Waals surface area contributed by atoms with Gasteiger partial charge in [-0.25, -0.2) is 4.98 Å². The summed E-state index contributed by atoms with van der Waals surface area (Å²) >= 11 is 6.30. The van der Waals surface area contributed by atoms with Crippen LogP contribution in [0.15, 0.2) is 28.8 Å². The second-order valence-corrected chi connectivity index (χ2v) is 7.06. The molecule has 0 amide bonds. The van der Waals surface area contributed by atoms with Crippen molar-refractivity contribution in [3.63, 3.8) is 0 Å². The average molecular weight is 357 g/mol. The first-order chi connectivity index (χ1) is 12.3. The molecule has 1 saturated heterocycles. The van der Waals surface area contributed by atoms with E-state index in [2.05, 4.69) is 30.2 Å². The highest BCUT2D eigenvalue weighted by Crippen LogP contribution is 2.38. The van der Waals surface area contributed by atoms with Gasteiger partial charge in [0.25, 0.3) is 0 Å². The van der Waals surface area contributed by atoms with E-state index in [1.807, 2.05) is 24.3 Å². The molecule has 1 N–H and O–H groups in total. The van der Waals surface area contributed by atoms with Crippen molar-refractivity contribution in [2.75, 3.05) is 18.0 Å². The van der Waals surface area contributed by atoms with Crippen molar-refractivity contribution < 1.29 is 4.52 Å². The molecule has 3 aromatic rings. The van der Waals surface area contributed by atoms with Crippen molar-refractivity contribution in [1.29, 1.82) is 0 Å². The van der Waals surface area contributed by atoms with Crippen LogP contribution in [0.25, 0.3) is 11.6 Å². The van der Waals surface area contributed by atoms with Gasteiger partial charge in [0, 0.05) is 19.0 Å². The van der Waals surface area contributed by atoms with E-state index < -0.39 is 0 Å². The molecule has 7 nitrogen and oxygen atoms in total. The van der Waals surface area contributed by atoms with Gasteiger partial charge in [0.2, 0.25) is 17.5 Å². The highest BCUT2D eigenvalue weighted by Gasteiger charge is 2.31. The highest BCUT2D eigenvalue weighted by molar-refractivity contribution is 6.33. The highest BCUT2D eigenvalue weighted by atomic mass is 35.5. The molecule has 1 aliphatic heterocycles. The lowest BCUT2D eigenvalue weighted by atomic mass is 10.1. The fraction of sp³-hybridized carbons (Fsp3) is 0.412. The minimum absolute atomic E-state index is 0.194. The molecule has 0 spiro atoms. The summed E-state index contributed by atoms with van der Waals surface area (Å²) in [7, 11) is 0. The number of nitrogens with zero attached hydrogens (tertiary/aromatic N) is 5. The maximum atomic E-state index is 6.30. The summed E-state index contributed by atoms with van der Waals surface area (Å²) in [5, 5.41) is 12.0. The number of para-hydroxylation sites is 1. The lowest BCUT2D eigenvalue weighted by Crippen LogP contribution is -2.19. The van der Waals surface area contributed by atoms with Crippen LogP contribution in [0.3, 0.4) is 0 Å². The number of halogens is 1. The number of aromatic nitrogens is 5. The zero-order chi connectivity index (χ0) is 16.8. The minimum atomic E-state index is 0.194. The molecule has 3 heterocycles. The van der Waals surface area contributed by atoms with E-state index in [-0.39, 0.29) is 5.92 Å². The Morgan fingerprint density at radius 2 is 1.96 bits per heavy atom. The lowest BCUT2D eigenvalue weighted by molar-refractivity contribution is 0.359. The summed E-state index contributed by atoms with van der Waals surface area (Å²) in [4.78, 5) is 11.3. The number of benzene rings is 1. The van der Waals surface area contributed by atoms with Crippen LogP contribution in [-0.2, 0) is 0 Å². The lowest BCUT2D eigenvalue weighted by Gasteiger charge is -2.19. The second-order valence-electron chi connectivity index (χ2n) is 6.66. The van der Waals surface area contributed by atoms with Crippen molar-refractivity contribution in [1.82, 2.24) is 25.3 Å². The molecule has 1 saturated carbocycles. The monoisotopic (exact) mass is 356 g/mol. The fourth-order valence-corrected chi connectivity index (χ4v) is 3.55. The summed E-state index contributed by atoms with van der Waals surface area (Å²) in [5.41, 5.74) is 1.05. The van der Waals surface area contributed by atoms with Crippen LogP contribution in [0, 0.1) is 0 Å². The van der Waals surface area contributed by atoms with Gasteiger partial charge < -0.3 is 9.42 Å². The molecule has 1 aliphatic carbocycles. The Kier molecular flexibility index (Phi) is 3.48. The molecule has 2 aromatic heterocycles. The van der Waals surface area contributed by atoms with E-state index in [1.165, 1.54) is 12.8 Å². The van der Waals surface area contributed by atoms with Crippen LogP contribution in [0.5, 0.6) is 0 Å². The van der Waals surface area contributed by atoms with Crippen LogP contribution >= 0.6 is 11.6 Å². The molecule has 0 radical (unpaired) electrons.